The number of likely N-dealkylation sites (tertiary alicyclic amines) is 1. The smallest absolute Gasteiger partial charge is 0.322 e. The lowest BCUT2D eigenvalue weighted by molar-refractivity contribution is 0.0962. The lowest BCUT2D eigenvalue weighted by Gasteiger charge is -2.33. The maximum Gasteiger partial charge on any atom is 0.322 e. The topological polar surface area (TPSA) is 100 Å². The number of carbonyl (C=O) groups is 2. The van der Waals surface area contributed by atoms with E-state index in [-0.39, 0.29) is 18.0 Å². The zero-order valence-electron chi connectivity index (χ0n) is 17.6. The molecule has 1 atom stereocenters. The van der Waals surface area contributed by atoms with Gasteiger partial charge in [-0.15, -0.1) is 0 Å². The molecule has 1 aliphatic rings. The van der Waals surface area contributed by atoms with E-state index in [1.165, 1.54) is 0 Å². The second-order valence-electron chi connectivity index (χ2n) is 7.51. The Hall–Kier alpha value is -3.68. The molecule has 4 rings (SSSR count). The fraction of sp³-hybridized carbons (Fsp3) is 0.304. The number of urea groups is 1. The summed E-state index contributed by atoms with van der Waals surface area (Å²) < 4.78 is 5.54. The Morgan fingerprint density at radius 1 is 1.10 bits per heavy atom. The number of aromatic nitrogens is 2. The summed E-state index contributed by atoms with van der Waals surface area (Å²) in [7, 11) is 1.58. The number of hydrogen-bond donors (Lipinski definition) is 2. The molecule has 2 N–H and O–H groups in total. The monoisotopic (exact) mass is 419 g/mol. The molecule has 1 fully saturated rings. The summed E-state index contributed by atoms with van der Waals surface area (Å²) in [5.74, 6) is 0.754. The molecule has 0 bridgehead atoms. The van der Waals surface area contributed by atoms with E-state index in [0.717, 1.165) is 24.8 Å². The van der Waals surface area contributed by atoms with Crippen LogP contribution in [0.1, 0.15) is 47.1 Å². The summed E-state index contributed by atoms with van der Waals surface area (Å²) in [5.41, 5.74) is 2.71. The number of hydrogen-bond acceptors (Lipinski definition) is 5. The zero-order chi connectivity index (χ0) is 21.8. The van der Waals surface area contributed by atoms with Crippen molar-refractivity contribution >= 4 is 17.6 Å². The molecule has 2 aromatic carbocycles. The van der Waals surface area contributed by atoms with Gasteiger partial charge >= 0.3 is 6.03 Å². The normalized spacial score (nSPS) is 16.1. The SMILES string of the molecule is CNC(=O)c1cccc(NC(=O)N2CCCCC2c2nc(-c3ccccc3)no2)c1C. The van der Waals surface area contributed by atoms with Crippen LogP contribution in [0.3, 0.4) is 0 Å². The third kappa shape index (κ3) is 4.28. The second kappa shape index (κ2) is 8.99. The van der Waals surface area contributed by atoms with Gasteiger partial charge in [-0.05, 0) is 43.9 Å². The van der Waals surface area contributed by atoms with E-state index < -0.39 is 0 Å². The van der Waals surface area contributed by atoms with Gasteiger partial charge in [0.25, 0.3) is 5.91 Å². The quantitative estimate of drug-likeness (QED) is 0.661. The molecular formula is C23H25N5O3. The highest BCUT2D eigenvalue weighted by molar-refractivity contribution is 5.99. The molecule has 3 aromatic rings. The third-order valence-corrected chi connectivity index (χ3v) is 5.57. The van der Waals surface area contributed by atoms with Gasteiger partial charge < -0.3 is 20.1 Å². The maximum atomic E-state index is 13.2. The molecule has 0 spiro atoms. The Morgan fingerprint density at radius 3 is 2.68 bits per heavy atom. The lowest BCUT2D eigenvalue weighted by atomic mass is 10.0. The molecule has 8 heteroatoms. The van der Waals surface area contributed by atoms with E-state index in [1.807, 2.05) is 37.3 Å². The zero-order valence-corrected chi connectivity index (χ0v) is 17.6. The van der Waals surface area contributed by atoms with Crippen LogP contribution in [0.5, 0.6) is 0 Å². The predicted molar refractivity (Wildman–Crippen MR) is 117 cm³/mol. The number of nitrogens with one attached hydrogen (secondary N) is 2. The lowest BCUT2D eigenvalue weighted by Crippen LogP contribution is -2.41. The summed E-state index contributed by atoms with van der Waals surface area (Å²) in [6.45, 7) is 2.41. The fourth-order valence-electron chi connectivity index (χ4n) is 3.85. The number of rotatable bonds is 4. The van der Waals surface area contributed by atoms with Crippen LogP contribution in [-0.4, -0.2) is 40.6 Å². The first-order valence-corrected chi connectivity index (χ1v) is 10.4. The van der Waals surface area contributed by atoms with E-state index in [0.29, 0.717) is 35.1 Å². The first-order valence-electron chi connectivity index (χ1n) is 10.4. The average Bonchev–Trinajstić information content (AvgIpc) is 3.31. The molecule has 31 heavy (non-hydrogen) atoms. The minimum absolute atomic E-state index is 0.191. The van der Waals surface area contributed by atoms with E-state index in [9.17, 15) is 9.59 Å². The van der Waals surface area contributed by atoms with Crippen molar-refractivity contribution in [3.8, 4) is 11.4 Å². The predicted octanol–water partition coefficient (Wildman–Crippen LogP) is 4.16. The van der Waals surface area contributed by atoms with Crippen molar-refractivity contribution < 1.29 is 14.1 Å². The molecule has 1 aliphatic heterocycles. The van der Waals surface area contributed by atoms with E-state index in [1.54, 1.807) is 30.1 Å². The summed E-state index contributed by atoms with van der Waals surface area (Å²) in [4.78, 5) is 31.5. The van der Waals surface area contributed by atoms with E-state index in [2.05, 4.69) is 20.8 Å². The first kappa shape index (κ1) is 20.6. The molecule has 2 heterocycles. The highest BCUT2D eigenvalue weighted by atomic mass is 16.5. The summed E-state index contributed by atoms with van der Waals surface area (Å²) >= 11 is 0. The van der Waals surface area contributed by atoms with Gasteiger partial charge in [-0.25, -0.2) is 4.79 Å². The van der Waals surface area contributed by atoms with Crippen molar-refractivity contribution in [3.63, 3.8) is 0 Å². The fourth-order valence-corrected chi connectivity index (χ4v) is 3.85. The molecule has 160 valence electrons. The molecule has 0 radical (unpaired) electrons. The molecule has 3 amide bonds. The van der Waals surface area contributed by atoms with Crippen molar-refractivity contribution in [3.05, 3.63) is 65.5 Å². The number of carbonyl (C=O) groups excluding carboxylic acids is 2. The van der Waals surface area contributed by atoms with Crippen molar-refractivity contribution in [1.82, 2.24) is 20.4 Å². The molecule has 8 nitrogen and oxygen atoms in total. The highest BCUT2D eigenvalue weighted by Crippen LogP contribution is 2.32. The van der Waals surface area contributed by atoms with Crippen LogP contribution in [0, 0.1) is 6.92 Å². The van der Waals surface area contributed by atoms with Crippen LogP contribution in [0.15, 0.2) is 53.1 Å². The first-order chi connectivity index (χ1) is 15.1. The molecule has 1 saturated heterocycles. The van der Waals surface area contributed by atoms with Crippen LogP contribution < -0.4 is 10.6 Å². The van der Waals surface area contributed by atoms with Crippen LogP contribution in [0.2, 0.25) is 0 Å². The van der Waals surface area contributed by atoms with Gasteiger partial charge in [0.15, 0.2) is 0 Å². The minimum Gasteiger partial charge on any atom is -0.355 e. The highest BCUT2D eigenvalue weighted by Gasteiger charge is 2.32. The Bertz CT molecular complexity index is 1080. The molecule has 1 aromatic heterocycles. The van der Waals surface area contributed by atoms with Crippen LogP contribution in [0.4, 0.5) is 10.5 Å². The van der Waals surface area contributed by atoms with Crippen molar-refractivity contribution in [1.29, 1.82) is 0 Å². The molecular weight excluding hydrogens is 394 g/mol. The second-order valence-corrected chi connectivity index (χ2v) is 7.51. The number of amides is 3. The van der Waals surface area contributed by atoms with Crippen LogP contribution >= 0.6 is 0 Å². The van der Waals surface area contributed by atoms with Gasteiger partial charge in [0.05, 0.1) is 0 Å². The Morgan fingerprint density at radius 2 is 1.90 bits per heavy atom. The summed E-state index contributed by atoms with van der Waals surface area (Å²) in [6, 6.07) is 14.3. The number of benzene rings is 2. The number of piperidine rings is 1. The van der Waals surface area contributed by atoms with E-state index in [4.69, 9.17) is 4.52 Å². The largest absolute Gasteiger partial charge is 0.355 e. The minimum atomic E-state index is -0.291. The standard InChI is InChI=1S/C23H25N5O3/c1-15-17(21(29)24-2)11-8-12-18(15)25-23(30)28-14-7-6-13-19(28)22-26-20(27-31-22)16-9-4-3-5-10-16/h3-5,8-12,19H,6-7,13-14H2,1-2H3,(H,24,29)(H,25,30). The van der Waals surface area contributed by atoms with Crippen molar-refractivity contribution in [2.75, 3.05) is 18.9 Å². The number of anilines is 1. The van der Waals surface area contributed by atoms with Gasteiger partial charge in [-0.1, -0.05) is 41.6 Å². The number of nitrogens with zero attached hydrogens (tertiary/aromatic N) is 3. The van der Waals surface area contributed by atoms with Gasteiger partial charge in [0.1, 0.15) is 6.04 Å². The molecule has 0 saturated carbocycles. The summed E-state index contributed by atoms with van der Waals surface area (Å²) in [6.07, 6.45) is 2.63. The average molecular weight is 419 g/mol. The Kier molecular flexibility index (Phi) is 5.97. The maximum absolute atomic E-state index is 13.2. The van der Waals surface area contributed by atoms with Crippen LogP contribution in [0.25, 0.3) is 11.4 Å². The molecule has 1 unspecified atom stereocenters. The van der Waals surface area contributed by atoms with Crippen molar-refractivity contribution in [2.45, 2.75) is 32.2 Å². The van der Waals surface area contributed by atoms with Crippen LogP contribution in [-0.2, 0) is 0 Å². The van der Waals surface area contributed by atoms with Gasteiger partial charge in [0.2, 0.25) is 11.7 Å². The molecule has 0 aliphatic carbocycles. The third-order valence-electron chi connectivity index (χ3n) is 5.57. The van der Waals surface area contributed by atoms with Gasteiger partial charge in [0, 0.05) is 30.4 Å². The Labute approximate surface area is 180 Å². The van der Waals surface area contributed by atoms with E-state index >= 15 is 0 Å². The Balaban J connectivity index is 1.55. The summed E-state index contributed by atoms with van der Waals surface area (Å²) in [5, 5.41) is 9.68. The van der Waals surface area contributed by atoms with Crippen molar-refractivity contribution in [2.24, 2.45) is 0 Å². The van der Waals surface area contributed by atoms with Gasteiger partial charge in [-0.3, -0.25) is 4.79 Å². The van der Waals surface area contributed by atoms with Gasteiger partial charge in [-0.2, -0.15) is 4.98 Å².